The first-order valence-electron chi connectivity index (χ1n) is 5.97. The molecular formula is C15H12Br2O2. The van der Waals surface area contributed by atoms with Crippen LogP contribution in [0.5, 0.6) is 0 Å². The Bertz CT molecular complexity index is 791. The molecule has 0 spiro atoms. The van der Waals surface area contributed by atoms with Gasteiger partial charge in [0.15, 0.2) is 5.58 Å². The molecule has 0 saturated heterocycles. The minimum Gasteiger partial charge on any atom is -0.455 e. The van der Waals surface area contributed by atoms with Gasteiger partial charge in [-0.05, 0) is 46.3 Å². The van der Waals surface area contributed by atoms with Crippen LogP contribution < -0.4 is 5.43 Å². The predicted molar refractivity (Wildman–Crippen MR) is 86.7 cm³/mol. The second kappa shape index (κ2) is 5.88. The number of rotatable bonds is 0. The molecule has 0 fully saturated rings. The highest BCUT2D eigenvalue weighted by atomic mass is 79.9. The molecule has 1 aromatic heterocycles. The normalized spacial score (nSPS) is 10.3. The highest BCUT2D eigenvalue weighted by molar-refractivity contribution is 9.11. The Morgan fingerprint density at radius 1 is 1.00 bits per heavy atom. The maximum absolute atomic E-state index is 12.3. The third-order valence-corrected chi connectivity index (χ3v) is 3.73. The number of halogens is 2. The van der Waals surface area contributed by atoms with Crippen molar-refractivity contribution in [2.24, 2.45) is 0 Å². The van der Waals surface area contributed by atoms with Crippen molar-refractivity contribution in [1.82, 2.24) is 0 Å². The SMILES string of the molecule is CC.O=c1c2ccc(Br)cc2oc2c(Br)cccc12. The van der Waals surface area contributed by atoms with E-state index in [1.807, 2.05) is 32.0 Å². The maximum Gasteiger partial charge on any atom is 0.200 e. The standard InChI is InChI=1S/C13H6Br2O2.C2H6/c14-7-4-5-8-11(6-7)17-13-9(12(8)16)2-1-3-10(13)15;1-2/h1-6H;1-2H3. The van der Waals surface area contributed by atoms with Gasteiger partial charge in [0.05, 0.1) is 15.2 Å². The van der Waals surface area contributed by atoms with Crippen molar-refractivity contribution in [2.45, 2.75) is 13.8 Å². The van der Waals surface area contributed by atoms with E-state index >= 15 is 0 Å². The monoisotopic (exact) mass is 382 g/mol. The molecule has 4 heteroatoms. The summed E-state index contributed by atoms with van der Waals surface area (Å²) in [5, 5.41) is 1.19. The Labute approximate surface area is 127 Å². The van der Waals surface area contributed by atoms with Gasteiger partial charge < -0.3 is 4.42 Å². The van der Waals surface area contributed by atoms with Crippen LogP contribution in [0.15, 0.2) is 54.6 Å². The van der Waals surface area contributed by atoms with Crippen LogP contribution in [0.2, 0.25) is 0 Å². The van der Waals surface area contributed by atoms with Crippen molar-refractivity contribution in [3.63, 3.8) is 0 Å². The zero-order chi connectivity index (χ0) is 14.0. The first-order valence-corrected chi connectivity index (χ1v) is 7.56. The molecular weight excluding hydrogens is 372 g/mol. The van der Waals surface area contributed by atoms with E-state index in [2.05, 4.69) is 31.9 Å². The molecule has 0 N–H and O–H groups in total. The number of fused-ring (bicyclic) bond motifs is 2. The number of benzene rings is 2. The van der Waals surface area contributed by atoms with E-state index < -0.39 is 0 Å². The summed E-state index contributed by atoms with van der Waals surface area (Å²) in [5.74, 6) is 0. The van der Waals surface area contributed by atoms with Crippen molar-refractivity contribution in [3.8, 4) is 0 Å². The molecule has 2 nitrogen and oxygen atoms in total. The second-order valence-electron chi connectivity index (χ2n) is 3.69. The van der Waals surface area contributed by atoms with Gasteiger partial charge in [0.25, 0.3) is 0 Å². The van der Waals surface area contributed by atoms with Gasteiger partial charge in [-0.15, -0.1) is 0 Å². The zero-order valence-corrected chi connectivity index (χ0v) is 13.7. The van der Waals surface area contributed by atoms with Crippen molar-refractivity contribution in [1.29, 1.82) is 0 Å². The van der Waals surface area contributed by atoms with Gasteiger partial charge >= 0.3 is 0 Å². The van der Waals surface area contributed by atoms with Gasteiger partial charge in [-0.1, -0.05) is 35.8 Å². The summed E-state index contributed by atoms with van der Waals surface area (Å²) in [5.41, 5.74) is 1.17. The van der Waals surface area contributed by atoms with Gasteiger partial charge in [0.1, 0.15) is 5.58 Å². The van der Waals surface area contributed by atoms with Crippen LogP contribution in [0, 0.1) is 0 Å². The molecule has 0 bridgehead atoms. The first kappa shape index (κ1) is 14.3. The summed E-state index contributed by atoms with van der Waals surface area (Å²) in [4.78, 5) is 12.3. The molecule has 0 unspecified atom stereocenters. The van der Waals surface area contributed by atoms with Crippen LogP contribution in [-0.4, -0.2) is 0 Å². The molecule has 0 radical (unpaired) electrons. The van der Waals surface area contributed by atoms with Gasteiger partial charge in [-0.3, -0.25) is 4.79 Å². The third kappa shape index (κ3) is 2.60. The molecule has 19 heavy (non-hydrogen) atoms. The predicted octanol–water partition coefficient (Wildman–Crippen LogP) is 5.50. The summed E-state index contributed by atoms with van der Waals surface area (Å²) in [7, 11) is 0. The summed E-state index contributed by atoms with van der Waals surface area (Å²) < 4.78 is 7.44. The van der Waals surface area contributed by atoms with Crippen LogP contribution in [0.25, 0.3) is 21.9 Å². The molecule has 0 aliphatic carbocycles. The lowest BCUT2D eigenvalue weighted by Crippen LogP contribution is -2.01. The van der Waals surface area contributed by atoms with Crippen molar-refractivity contribution < 1.29 is 4.42 Å². The zero-order valence-electron chi connectivity index (χ0n) is 10.5. The van der Waals surface area contributed by atoms with E-state index in [1.165, 1.54) is 0 Å². The fraction of sp³-hybridized carbons (Fsp3) is 0.133. The molecule has 98 valence electrons. The largest absolute Gasteiger partial charge is 0.455 e. The Hall–Kier alpha value is -1.13. The highest BCUT2D eigenvalue weighted by Gasteiger charge is 2.09. The van der Waals surface area contributed by atoms with Crippen LogP contribution >= 0.6 is 31.9 Å². The molecule has 0 atom stereocenters. The van der Waals surface area contributed by atoms with Gasteiger partial charge in [0.2, 0.25) is 5.43 Å². The van der Waals surface area contributed by atoms with Gasteiger partial charge in [-0.25, -0.2) is 0 Å². The Balaban J connectivity index is 0.000000637. The third-order valence-electron chi connectivity index (χ3n) is 2.61. The van der Waals surface area contributed by atoms with Crippen molar-refractivity contribution in [3.05, 3.63) is 55.6 Å². The van der Waals surface area contributed by atoms with E-state index in [9.17, 15) is 4.79 Å². The van der Waals surface area contributed by atoms with E-state index in [1.54, 1.807) is 18.2 Å². The quantitative estimate of drug-likeness (QED) is 0.480. The topological polar surface area (TPSA) is 30.2 Å². The van der Waals surface area contributed by atoms with Crippen molar-refractivity contribution >= 4 is 53.8 Å². The molecule has 3 rings (SSSR count). The van der Waals surface area contributed by atoms with Crippen molar-refractivity contribution in [2.75, 3.05) is 0 Å². The first-order chi connectivity index (χ1) is 9.16. The Kier molecular flexibility index (Phi) is 4.42. The average molecular weight is 384 g/mol. The lowest BCUT2D eigenvalue weighted by molar-refractivity contribution is 0.657. The molecule has 2 aromatic carbocycles. The van der Waals surface area contributed by atoms with Crippen LogP contribution in [0.3, 0.4) is 0 Å². The lowest BCUT2D eigenvalue weighted by atomic mass is 10.1. The van der Waals surface area contributed by atoms with Gasteiger partial charge in [0, 0.05) is 4.47 Å². The second-order valence-corrected chi connectivity index (χ2v) is 5.46. The number of hydrogen-bond donors (Lipinski definition) is 0. The average Bonchev–Trinajstić information content (AvgIpc) is 2.42. The molecule has 0 aliphatic rings. The maximum atomic E-state index is 12.3. The molecule has 0 amide bonds. The number of hydrogen-bond acceptors (Lipinski definition) is 2. The van der Waals surface area contributed by atoms with Crippen LogP contribution in [0.4, 0.5) is 0 Å². The summed E-state index contributed by atoms with van der Waals surface area (Å²) in [6.07, 6.45) is 0. The highest BCUT2D eigenvalue weighted by Crippen LogP contribution is 2.26. The van der Waals surface area contributed by atoms with E-state index in [0.717, 1.165) is 8.95 Å². The fourth-order valence-corrected chi connectivity index (χ4v) is 2.60. The van der Waals surface area contributed by atoms with E-state index in [4.69, 9.17) is 4.42 Å². The minimum atomic E-state index is -0.00458. The fourth-order valence-electron chi connectivity index (χ4n) is 1.81. The summed E-state index contributed by atoms with van der Waals surface area (Å²) in [6, 6.07) is 10.9. The van der Waals surface area contributed by atoms with E-state index in [-0.39, 0.29) is 5.43 Å². The smallest absolute Gasteiger partial charge is 0.200 e. The summed E-state index contributed by atoms with van der Waals surface area (Å²) >= 11 is 6.76. The van der Waals surface area contributed by atoms with E-state index in [0.29, 0.717) is 21.9 Å². The Morgan fingerprint density at radius 3 is 2.47 bits per heavy atom. The molecule has 1 heterocycles. The number of para-hydroxylation sites is 1. The summed E-state index contributed by atoms with van der Waals surface area (Å²) in [6.45, 7) is 4.00. The molecule has 3 aromatic rings. The molecule has 0 saturated carbocycles. The molecule has 0 aliphatic heterocycles. The van der Waals surface area contributed by atoms with Crippen LogP contribution in [-0.2, 0) is 0 Å². The van der Waals surface area contributed by atoms with Crippen LogP contribution in [0.1, 0.15) is 13.8 Å². The minimum absolute atomic E-state index is 0.00458. The lowest BCUT2D eigenvalue weighted by Gasteiger charge is -2.02. The van der Waals surface area contributed by atoms with Gasteiger partial charge in [-0.2, -0.15) is 0 Å². The Morgan fingerprint density at radius 2 is 1.74 bits per heavy atom.